The molecule has 1 unspecified atom stereocenters. The van der Waals surface area contributed by atoms with Gasteiger partial charge in [-0.1, -0.05) is 0 Å². The van der Waals surface area contributed by atoms with Gasteiger partial charge < -0.3 is 0 Å². The van der Waals surface area contributed by atoms with Crippen LogP contribution in [0.5, 0.6) is 0 Å². The molecule has 0 bridgehead atoms. The van der Waals surface area contributed by atoms with Crippen molar-refractivity contribution in [2.75, 3.05) is 0 Å². The summed E-state index contributed by atoms with van der Waals surface area (Å²) in [4.78, 5) is 0. The molecule has 3 rings (SSSR count). The van der Waals surface area contributed by atoms with E-state index in [0.29, 0.717) is 0 Å². The van der Waals surface area contributed by atoms with Crippen molar-refractivity contribution in [3.05, 3.63) is 62.0 Å². The Kier molecular flexibility index (Phi) is 4.88. The topological polar surface area (TPSA) is 0 Å². The summed E-state index contributed by atoms with van der Waals surface area (Å²) >= 11 is -5.43. The van der Waals surface area contributed by atoms with Crippen LogP contribution in [0.4, 0.5) is 0 Å². The normalized spacial score (nSPS) is 25.9. The van der Waals surface area contributed by atoms with Crippen molar-refractivity contribution < 1.29 is 14.4 Å². The van der Waals surface area contributed by atoms with Crippen molar-refractivity contribution in [2.45, 2.75) is 68.2 Å². The Morgan fingerprint density at radius 1 is 0.852 bits per heavy atom. The zero-order valence-electron chi connectivity index (χ0n) is 18.1. The minimum absolute atomic E-state index is 0.259. The molecule has 0 spiro atoms. The Labute approximate surface area is 169 Å². The maximum absolute atomic E-state index is 8.33. The predicted molar refractivity (Wildman–Crippen MR) is 121 cm³/mol. The standard InChI is InChI=1S/3C7H9.C3H6.2ClH.Zr/c3*1-6-3-4-7(2)5-6;1-3-2;;;/h2*5H,3H2,1-2H3;3,5,7H,1-2H3;1-2H3;2*1H;/q;;;;;;+2/p-2. The minimum atomic E-state index is -5.43. The molecule has 0 N–H and O–H groups in total. The van der Waals surface area contributed by atoms with Gasteiger partial charge in [0.1, 0.15) is 0 Å². The summed E-state index contributed by atoms with van der Waals surface area (Å²) in [7, 11) is 16.7. The second-order valence-electron chi connectivity index (χ2n) is 9.53. The third-order valence-corrected chi connectivity index (χ3v) is 39.5. The number of rotatable bonds is 3. The first-order valence-electron chi connectivity index (χ1n) is 10.0. The van der Waals surface area contributed by atoms with Crippen LogP contribution < -0.4 is 0 Å². The molecule has 27 heavy (non-hydrogen) atoms. The molecule has 0 nitrogen and oxygen atoms in total. The number of hydrogen-bond acceptors (Lipinski definition) is 0. The average Bonchev–Trinajstić information content (AvgIpc) is 3.18. The Bertz CT molecular complexity index is 988. The fourth-order valence-corrected chi connectivity index (χ4v) is 33.1. The van der Waals surface area contributed by atoms with Crippen LogP contribution in [-0.2, 0) is 14.4 Å². The second-order valence-corrected chi connectivity index (χ2v) is 36.5. The summed E-state index contributed by atoms with van der Waals surface area (Å²) < 4.78 is 5.13. The van der Waals surface area contributed by atoms with E-state index in [0.717, 1.165) is 12.8 Å². The van der Waals surface area contributed by atoms with Gasteiger partial charge in [-0.15, -0.1) is 0 Å². The monoisotopic (exact) mass is 481 g/mol. The first-order chi connectivity index (χ1) is 12.3. The van der Waals surface area contributed by atoms with E-state index >= 15 is 0 Å². The molecular weight excluding hydrogens is 450 g/mol. The van der Waals surface area contributed by atoms with Crippen LogP contribution in [0.3, 0.4) is 0 Å². The van der Waals surface area contributed by atoms with E-state index in [2.05, 4.69) is 79.7 Å². The molecule has 3 aliphatic carbocycles. The molecular formula is C24H33Cl2Zr. The van der Waals surface area contributed by atoms with Gasteiger partial charge in [0, 0.05) is 0 Å². The van der Waals surface area contributed by atoms with E-state index < -0.39 is 14.4 Å². The average molecular weight is 484 g/mol. The van der Waals surface area contributed by atoms with E-state index in [1.807, 2.05) is 0 Å². The molecule has 3 heteroatoms. The van der Waals surface area contributed by atoms with Crippen molar-refractivity contribution in [2.24, 2.45) is 5.92 Å². The summed E-state index contributed by atoms with van der Waals surface area (Å²) in [6.07, 6.45) is 11.0. The first-order valence-corrected chi connectivity index (χ1v) is 21.3. The van der Waals surface area contributed by atoms with E-state index in [1.165, 1.54) is 40.9 Å². The quantitative estimate of drug-likeness (QED) is 0.378. The molecule has 0 saturated carbocycles. The van der Waals surface area contributed by atoms with Gasteiger partial charge in [0.2, 0.25) is 0 Å². The SMILES string of the molecule is CC1=CC(C)[C]([Zr]([Cl])([Cl])([C]2=C(C)C=C(C)C2)([C]2=C(C)C=C(C)C2)=[C](C)C)=C1. The zero-order valence-corrected chi connectivity index (χ0v) is 22.0. The molecule has 0 aromatic heterocycles. The van der Waals surface area contributed by atoms with Gasteiger partial charge in [0.25, 0.3) is 0 Å². The van der Waals surface area contributed by atoms with Gasteiger partial charge in [-0.2, -0.15) is 0 Å². The first kappa shape index (κ1) is 21.5. The van der Waals surface area contributed by atoms with Crippen molar-refractivity contribution in [1.82, 2.24) is 0 Å². The van der Waals surface area contributed by atoms with E-state index in [9.17, 15) is 0 Å². The van der Waals surface area contributed by atoms with Crippen LogP contribution in [0.15, 0.2) is 62.0 Å². The summed E-state index contributed by atoms with van der Waals surface area (Å²) in [6, 6.07) is 0. The van der Waals surface area contributed by atoms with Crippen LogP contribution >= 0.6 is 17.0 Å². The Morgan fingerprint density at radius 2 is 1.30 bits per heavy atom. The van der Waals surface area contributed by atoms with Crippen LogP contribution in [0.25, 0.3) is 0 Å². The van der Waals surface area contributed by atoms with E-state index in [1.54, 1.807) is 0 Å². The molecule has 0 heterocycles. The number of hydrogen-bond donors (Lipinski definition) is 0. The molecule has 0 fully saturated rings. The van der Waals surface area contributed by atoms with E-state index in [-0.39, 0.29) is 5.92 Å². The van der Waals surface area contributed by atoms with Gasteiger partial charge in [-0.3, -0.25) is 0 Å². The fourth-order valence-electron chi connectivity index (χ4n) is 6.15. The van der Waals surface area contributed by atoms with Crippen LogP contribution in [0.1, 0.15) is 68.2 Å². The third kappa shape index (κ3) is 2.54. The fraction of sp³-hybridized carbons (Fsp3) is 0.458. The van der Waals surface area contributed by atoms with Gasteiger partial charge in [0.15, 0.2) is 0 Å². The van der Waals surface area contributed by atoms with Crippen LogP contribution in [0, 0.1) is 5.92 Å². The van der Waals surface area contributed by atoms with Crippen molar-refractivity contribution >= 4 is 20.2 Å². The zero-order chi connectivity index (χ0) is 20.4. The molecule has 147 valence electrons. The molecule has 0 saturated heterocycles. The van der Waals surface area contributed by atoms with Crippen molar-refractivity contribution in [3.8, 4) is 0 Å². The Balaban J connectivity index is 2.58. The van der Waals surface area contributed by atoms with E-state index in [4.69, 9.17) is 17.0 Å². The molecule has 3 aliphatic rings. The van der Waals surface area contributed by atoms with Crippen LogP contribution in [-0.4, -0.2) is 3.21 Å². The third-order valence-electron chi connectivity index (χ3n) is 7.32. The molecule has 0 aromatic carbocycles. The van der Waals surface area contributed by atoms with Crippen molar-refractivity contribution in [1.29, 1.82) is 0 Å². The molecule has 0 radical (unpaired) electrons. The summed E-state index contributed by atoms with van der Waals surface area (Å²) in [5.41, 5.74) is 6.55. The summed E-state index contributed by atoms with van der Waals surface area (Å²) in [6.45, 7) is 17.6. The Hall–Kier alpha value is -0.227. The predicted octanol–water partition coefficient (Wildman–Crippen LogP) is 8.46. The van der Waals surface area contributed by atoms with Gasteiger partial charge in [0.05, 0.1) is 0 Å². The molecule has 0 amide bonds. The second kappa shape index (κ2) is 6.14. The number of halogens is 2. The molecule has 1 atom stereocenters. The van der Waals surface area contributed by atoms with Crippen LogP contribution in [0.2, 0.25) is 0 Å². The van der Waals surface area contributed by atoms with Gasteiger partial charge in [-0.05, 0) is 0 Å². The molecule has 0 aliphatic heterocycles. The molecule has 0 aromatic rings. The number of allylic oxidation sites excluding steroid dienone is 12. The van der Waals surface area contributed by atoms with Gasteiger partial charge >= 0.3 is 171 Å². The summed E-state index contributed by atoms with van der Waals surface area (Å²) in [5.74, 6) is 0.259. The summed E-state index contributed by atoms with van der Waals surface area (Å²) in [5, 5.41) is 0. The van der Waals surface area contributed by atoms with Crippen molar-refractivity contribution in [3.63, 3.8) is 0 Å². The maximum atomic E-state index is 8.33. The Morgan fingerprint density at radius 3 is 1.56 bits per heavy atom. The van der Waals surface area contributed by atoms with Gasteiger partial charge in [-0.25, -0.2) is 0 Å².